The van der Waals surface area contributed by atoms with E-state index in [2.05, 4.69) is 64.0 Å². The molecule has 428 valence electrons. The van der Waals surface area contributed by atoms with Crippen molar-refractivity contribution in [3.8, 4) is 22.8 Å². The number of nitrogens with zero attached hydrogens (tertiary/aromatic N) is 13. The first-order valence-corrected chi connectivity index (χ1v) is 28.2. The summed E-state index contributed by atoms with van der Waals surface area (Å²) in [5.41, 5.74) is 3.66. The number of anilines is 4. The topological polar surface area (TPSA) is 221 Å². The molecule has 0 atom stereocenters. The number of hydrogen-bond acceptors (Lipinski definition) is 12. The van der Waals surface area contributed by atoms with E-state index >= 15 is 0 Å². The molecule has 5 amide bonds. The van der Waals surface area contributed by atoms with Crippen LogP contribution in [0.25, 0.3) is 44.6 Å². The number of hydrogen-bond donors (Lipinski definition) is 5. The van der Waals surface area contributed by atoms with Gasteiger partial charge in [0, 0.05) is 102 Å². The van der Waals surface area contributed by atoms with Gasteiger partial charge in [0.15, 0.2) is 5.82 Å². The van der Waals surface area contributed by atoms with E-state index in [1.807, 2.05) is 46.5 Å². The van der Waals surface area contributed by atoms with Crippen LogP contribution in [0.2, 0.25) is 0 Å². The minimum absolute atomic E-state index is 0.0296. The number of fused-ring (bicyclic) bond motifs is 2. The quantitative estimate of drug-likeness (QED) is 0.0729. The Kier molecular flexibility index (Phi) is 16.6. The average Bonchev–Trinajstić information content (AvgIpc) is 4.08. The van der Waals surface area contributed by atoms with Crippen LogP contribution in [0.3, 0.4) is 0 Å². The van der Waals surface area contributed by atoms with Crippen molar-refractivity contribution in [1.82, 2.24) is 64.3 Å². The van der Waals surface area contributed by atoms with E-state index in [9.17, 15) is 23.2 Å². The van der Waals surface area contributed by atoms with E-state index in [1.54, 1.807) is 49.1 Å². The zero-order valence-electron chi connectivity index (χ0n) is 47.6. The molecule has 0 unspecified atom stereocenters. The number of H-pyrrole nitrogens is 2. The van der Waals surface area contributed by atoms with Crippen molar-refractivity contribution in [3.05, 3.63) is 43.1 Å². The lowest BCUT2D eigenvalue weighted by atomic mass is 10.0. The smallest absolute Gasteiger partial charge is 0.322 e. The number of likely N-dealkylation sites (N-methyl/N-ethyl adjacent to an activating group) is 2. The van der Waals surface area contributed by atoms with E-state index in [1.165, 1.54) is 26.7 Å². The number of aliphatic hydroxyl groups is 1. The first kappa shape index (κ1) is 56.8. The molecule has 2 spiro atoms. The summed E-state index contributed by atoms with van der Waals surface area (Å²) in [6.45, 7) is 17.3. The number of carbonyl (C=O) groups is 3. The second-order valence-corrected chi connectivity index (χ2v) is 23.2. The average molecular weight is 1090 g/mol. The van der Waals surface area contributed by atoms with Gasteiger partial charge in [-0.1, -0.05) is 13.8 Å². The first-order valence-electron chi connectivity index (χ1n) is 28.2. The first-order chi connectivity index (χ1) is 37.9. The lowest BCUT2D eigenvalue weighted by Gasteiger charge is -2.42. The Morgan fingerprint density at radius 1 is 0.722 bits per heavy atom. The molecule has 21 nitrogen and oxygen atoms in total. The van der Waals surface area contributed by atoms with E-state index in [0.29, 0.717) is 47.2 Å². The number of alkyl halides is 2. The molecule has 6 fully saturated rings. The van der Waals surface area contributed by atoms with Crippen molar-refractivity contribution >= 4 is 63.2 Å². The lowest BCUT2D eigenvalue weighted by molar-refractivity contribution is -0.119. The fourth-order valence-corrected chi connectivity index (χ4v) is 11.7. The van der Waals surface area contributed by atoms with Gasteiger partial charge in [-0.25, -0.2) is 18.4 Å². The van der Waals surface area contributed by atoms with Crippen LogP contribution < -0.4 is 20.4 Å². The van der Waals surface area contributed by atoms with Gasteiger partial charge in [0.25, 0.3) is 0 Å². The van der Waals surface area contributed by atoms with Crippen LogP contribution >= 0.6 is 0 Å². The second-order valence-electron chi connectivity index (χ2n) is 23.2. The van der Waals surface area contributed by atoms with Gasteiger partial charge in [0.1, 0.15) is 22.7 Å². The number of nitrogens with one attached hydrogen (secondary N) is 4. The van der Waals surface area contributed by atoms with Crippen LogP contribution in [0, 0.1) is 0 Å². The van der Waals surface area contributed by atoms with E-state index in [4.69, 9.17) is 15.2 Å². The number of pyridine rings is 2. The van der Waals surface area contributed by atoms with Crippen molar-refractivity contribution in [2.24, 2.45) is 0 Å². The molecule has 2 saturated carbocycles. The standard InChI is InChI=1S/C27H37FN8O.C26H34FN9O2.C2H6.CH4O/c1-26(2,28)18-35-17-23(34-12-10-33(3)11-13-34)19-15-29-20(14-22(19)35)24-21(16-30-32-24)31-25(37)36-9-5-4-6-27(36)7-8-27;1-25(2,27)15-36-21-10-19(28-11-18(21)23(32-36)34-13-17(14-34)33(3)16-37)22-20(12-29-31-22)30-24(38)35-9-5-4-6-26(35)7-8-26;2*1-2/h14-17H,4-13,18H2,1-3H3,(H,30,32)(H,31,37);10-12,16-17H,4-9,13-15H2,1-3H3,(H,29,31)(H,30,38);1-2H3;2H,1H3. The zero-order valence-corrected chi connectivity index (χ0v) is 47.6. The number of likely N-dealkylation sites (tertiary alicyclic amines) is 2. The molecule has 6 aliphatic rings. The van der Waals surface area contributed by atoms with Gasteiger partial charge in [-0.2, -0.15) is 15.3 Å². The maximum absolute atomic E-state index is 14.8. The molecule has 23 heteroatoms. The SMILES string of the molecule is CC.CN(C=O)C1CN(c2nn(CC(C)(C)F)c3cc(-c4[nH]ncc4NC(=O)N4CCCCC45CC5)ncc23)C1.CN1CCN(c2cn(CC(C)(C)F)c3cc(-c4[nH]ncc4NC(=O)N4CCCCC45CC5)ncc23)CC1.CO. The highest BCUT2D eigenvalue weighted by molar-refractivity contribution is 5.98. The molecule has 0 aromatic carbocycles. The summed E-state index contributed by atoms with van der Waals surface area (Å²) in [6, 6.07) is 3.78. The summed E-state index contributed by atoms with van der Waals surface area (Å²) in [4.78, 5) is 59.4. The summed E-state index contributed by atoms with van der Waals surface area (Å²) in [6.07, 6.45) is 20.6. The third-order valence-electron chi connectivity index (χ3n) is 16.3. The number of piperazine rings is 1. The fraction of sp³-hybridized carbons (Fsp3) is 0.607. The molecule has 4 aliphatic heterocycles. The zero-order chi connectivity index (χ0) is 56.4. The highest BCUT2D eigenvalue weighted by Gasteiger charge is 2.52. The number of rotatable bonds is 12. The van der Waals surface area contributed by atoms with Crippen molar-refractivity contribution in [3.63, 3.8) is 0 Å². The van der Waals surface area contributed by atoms with Crippen LogP contribution in [0.15, 0.2) is 43.1 Å². The molecular weight excluding hydrogens is 1010 g/mol. The summed E-state index contributed by atoms with van der Waals surface area (Å²) in [5, 5.41) is 34.1. The molecule has 0 radical (unpaired) electrons. The van der Waals surface area contributed by atoms with Crippen molar-refractivity contribution in [2.75, 3.05) is 94.0 Å². The Balaban J connectivity index is 0.000000181. The number of aromatic nitrogens is 9. The molecule has 4 saturated heterocycles. The van der Waals surface area contributed by atoms with Gasteiger partial charge in [0.2, 0.25) is 6.41 Å². The monoisotopic (exact) mass is 1090 g/mol. The van der Waals surface area contributed by atoms with Gasteiger partial charge >= 0.3 is 12.1 Å². The van der Waals surface area contributed by atoms with Gasteiger partial charge < -0.3 is 49.7 Å². The number of halogens is 2. The summed E-state index contributed by atoms with van der Waals surface area (Å²) in [7, 11) is 4.90. The number of urea groups is 2. The minimum atomic E-state index is -1.48. The summed E-state index contributed by atoms with van der Waals surface area (Å²) >= 11 is 0. The molecule has 5 N–H and O–H groups in total. The van der Waals surface area contributed by atoms with Crippen LogP contribution in [0.4, 0.5) is 41.2 Å². The molecule has 10 heterocycles. The van der Waals surface area contributed by atoms with Gasteiger partial charge in [-0.15, -0.1) is 0 Å². The Bertz CT molecular complexity index is 3080. The number of aromatic amines is 2. The molecule has 79 heavy (non-hydrogen) atoms. The van der Waals surface area contributed by atoms with Gasteiger partial charge in [-0.3, -0.25) is 29.6 Å². The van der Waals surface area contributed by atoms with Crippen LogP contribution in [-0.4, -0.2) is 190 Å². The van der Waals surface area contributed by atoms with E-state index in [0.717, 1.165) is 137 Å². The predicted octanol–water partition coefficient (Wildman–Crippen LogP) is 8.51. The Hall–Kier alpha value is -6.88. The Morgan fingerprint density at radius 2 is 1.23 bits per heavy atom. The van der Waals surface area contributed by atoms with E-state index < -0.39 is 11.3 Å². The predicted molar refractivity (Wildman–Crippen MR) is 305 cm³/mol. The molecular formula is C56H81F2N17O4. The third-order valence-corrected chi connectivity index (χ3v) is 16.3. The normalized spacial score (nSPS) is 18.7. The molecule has 12 rings (SSSR count). The number of amides is 5. The van der Waals surface area contributed by atoms with E-state index in [-0.39, 0.29) is 42.3 Å². The molecule has 6 aromatic heterocycles. The van der Waals surface area contributed by atoms with Crippen molar-refractivity contribution < 1.29 is 28.3 Å². The maximum Gasteiger partial charge on any atom is 0.322 e. The number of carbonyl (C=O) groups excluding carboxylic acids is 3. The summed E-state index contributed by atoms with van der Waals surface area (Å²) in [5.74, 6) is 0.719. The van der Waals surface area contributed by atoms with Crippen LogP contribution in [0.5, 0.6) is 0 Å². The number of aliphatic hydroxyl groups excluding tert-OH is 1. The Morgan fingerprint density at radius 3 is 1.72 bits per heavy atom. The second kappa shape index (κ2) is 23.1. The van der Waals surface area contributed by atoms with Crippen LogP contribution in [0.1, 0.15) is 106 Å². The fourth-order valence-electron chi connectivity index (χ4n) is 11.7. The largest absolute Gasteiger partial charge is 0.400 e. The summed E-state index contributed by atoms with van der Waals surface area (Å²) < 4.78 is 33.2. The molecule has 0 bridgehead atoms. The lowest BCUT2D eigenvalue weighted by Crippen LogP contribution is -2.58. The van der Waals surface area contributed by atoms with Crippen molar-refractivity contribution in [2.45, 2.75) is 147 Å². The molecule has 6 aromatic rings. The van der Waals surface area contributed by atoms with Gasteiger partial charge in [-0.05, 0) is 111 Å². The maximum atomic E-state index is 14.8. The number of piperidine rings is 2. The molecule has 2 aliphatic carbocycles. The highest BCUT2D eigenvalue weighted by atomic mass is 19.1. The van der Waals surface area contributed by atoms with Gasteiger partial charge in [0.05, 0.1) is 76.4 Å². The van der Waals surface area contributed by atoms with Crippen LogP contribution in [-0.2, 0) is 17.9 Å². The third kappa shape index (κ3) is 12.2. The van der Waals surface area contributed by atoms with Crippen molar-refractivity contribution in [1.29, 1.82) is 0 Å². The minimum Gasteiger partial charge on any atom is -0.400 e. The Labute approximate surface area is 461 Å². The highest BCUT2D eigenvalue weighted by Crippen LogP contribution is 2.50.